The average molecular weight is 671 g/mol. The minimum atomic E-state index is 0.797. The van der Waals surface area contributed by atoms with E-state index in [1.54, 1.807) is 0 Å². The van der Waals surface area contributed by atoms with Crippen LogP contribution >= 0.6 is 0 Å². The standard InChI is InChI=1S/C46H34N6/c1-47-44(50(36-18-6-2-7-19-36)37-20-8-3-9-21-37)33-30-34(45-48-40-26-14-16-28-42(40)51(45)38-22-10-4-11-23-38)32-35(31-33)46-49-41-27-15-17-29-43(41)52(46)39-24-12-5-13-25-39/h2-32H,1H3/b47-44-. The fourth-order valence-electron chi connectivity index (χ4n) is 7.04. The van der Waals surface area contributed by atoms with Gasteiger partial charge in [-0.1, -0.05) is 97.1 Å². The minimum Gasteiger partial charge on any atom is -0.295 e. The van der Waals surface area contributed by atoms with Crippen molar-refractivity contribution in [1.29, 1.82) is 0 Å². The Bertz CT molecular complexity index is 2500. The van der Waals surface area contributed by atoms with E-state index in [-0.39, 0.29) is 0 Å². The van der Waals surface area contributed by atoms with Crippen molar-refractivity contribution in [1.82, 2.24) is 19.1 Å². The van der Waals surface area contributed by atoms with E-state index in [2.05, 4.69) is 166 Å². The van der Waals surface area contributed by atoms with Gasteiger partial charge in [0.15, 0.2) is 0 Å². The number of amidine groups is 1. The third-order valence-corrected chi connectivity index (χ3v) is 9.31. The largest absolute Gasteiger partial charge is 0.295 e. The molecule has 0 saturated carbocycles. The van der Waals surface area contributed by atoms with Crippen molar-refractivity contribution < 1.29 is 0 Å². The Labute approximate surface area is 302 Å². The molecule has 2 heterocycles. The van der Waals surface area contributed by atoms with Gasteiger partial charge in [-0.2, -0.15) is 0 Å². The van der Waals surface area contributed by atoms with Crippen LogP contribution in [0.5, 0.6) is 0 Å². The second-order valence-electron chi connectivity index (χ2n) is 12.5. The van der Waals surface area contributed by atoms with E-state index in [9.17, 15) is 0 Å². The molecule has 6 nitrogen and oxygen atoms in total. The van der Waals surface area contributed by atoms with Crippen molar-refractivity contribution in [3.05, 3.63) is 194 Å². The number of benzene rings is 7. The zero-order valence-corrected chi connectivity index (χ0v) is 28.6. The molecule has 0 unspecified atom stereocenters. The second-order valence-corrected chi connectivity index (χ2v) is 12.5. The predicted octanol–water partition coefficient (Wildman–Crippen LogP) is 10.9. The normalized spacial score (nSPS) is 11.7. The number of anilines is 2. The fourth-order valence-corrected chi connectivity index (χ4v) is 7.04. The molecule has 0 atom stereocenters. The smallest absolute Gasteiger partial charge is 0.145 e. The molecule has 6 heteroatoms. The number of aliphatic imine (C=N–C) groups is 1. The van der Waals surface area contributed by atoms with Gasteiger partial charge in [0.1, 0.15) is 17.5 Å². The topological polar surface area (TPSA) is 51.2 Å². The van der Waals surface area contributed by atoms with E-state index in [0.29, 0.717) is 0 Å². The maximum absolute atomic E-state index is 5.29. The van der Waals surface area contributed by atoms with Crippen molar-refractivity contribution >= 4 is 39.3 Å². The first kappa shape index (κ1) is 31.0. The first-order valence-corrected chi connectivity index (χ1v) is 17.4. The molecule has 0 aliphatic carbocycles. The summed E-state index contributed by atoms with van der Waals surface area (Å²) in [5, 5.41) is 0. The van der Waals surface area contributed by atoms with Crippen LogP contribution in [0.2, 0.25) is 0 Å². The van der Waals surface area contributed by atoms with Gasteiger partial charge >= 0.3 is 0 Å². The summed E-state index contributed by atoms with van der Waals surface area (Å²) in [5.41, 5.74) is 10.8. The van der Waals surface area contributed by atoms with Gasteiger partial charge < -0.3 is 0 Å². The van der Waals surface area contributed by atoms with Crippen LogP contribution in [0.3, 0.4) is 0 Å². The van der Waals surface area contributed by atoms with Crippen LogP contribution in [-0.4, -0.2) is 32.0 Å². The van der Waals surface area contributed by atoms with Gasteiger partial charge in [-0.05, 0) is 91.0 Å². The van der Waals surface area contributed by atoms with Gasteiger partial charge in [0.25, 0.3) is 0 Å². The molecule has 9 rings (SSSR count). The second kappa shape index (κ2) is 13.3. The number of fused-ring (bicyclic) bond motifs is 2. The summed E-state index contributed by atoms with van der Waals surface area (Å²) in [6.07, 6.45) is 0. The lowest BCUT2D eigenvalue weighted by Gasteiger charge is -2.27. The third-order valence-electron chi connectivity index (χ3n) is 9.31. The van der Waals surface area contributed by atoms with Crippen LogP contribution in [0.15, 0.2) is 193 Å². The van der Waals surface area contributed by atoms with E-state index in [1.165, 1.54) is 0 Å². The molecule has 7 aromatic carbocycles. The molecule has 9 aromatic rings. The van der Waals surface area contributed by atoms with Gasteiger partial charge in [-0.25, -0.2) is 9.97 Å². The summed E-state index contributed by atoms with van der Waals surface area (Å²) in [4.78, 5) is 17.8. The highest BCUT2D eigenvalue weighted by molar-refractivity contribution is 6.15. The molecule has 0 aliphatic rings. The summed E-state index contributed by atoms with van der Waals surface area (Å²) in [5.74, 6) is 2.46. The highest BCUT2D eigenvalue weighted by Gasteiger charge is 2.23. The Morgan fingerprint density at radius 2 is 0.846 bits per heavy atom. The number of imidazole rings is 2. The Balaban J connectivity index is 1.35. The zero-order chi connectivity index (χ0) is 34.9. The highest BCUT2D eigenvalue weighted by atomic mass is 15.2. The SMILES string of the molecule is C/N=C(/c1cc(-c2nc3ccccc3n2-c2ccccc2)cc(-c2nc3ccccc3n2-c2ccccc2)c1)N(c1ccccc1)c1ccccc1. The number of hydrogen-bond donors (Lipinski definition) is 0. The van der Waals surface area contributed by atoms with Crippen LogP contribution < -0.4 is 4.90 Å². The molecule has 0 bridgehead atoms. The van der Waals surface area contributed by atoms with E-state index >= 15 is 0 Å². The summed E-state index contributed by atoms with van der Waals surface area (Å²) in [6.45, 7) is 0. The summed E-state index contributed by atoms with van der Waals surface area (Å²) in [7, 11) is 1.86. The summed E-state index contributed by atoms with van der Waals surface area (Å²) >= 11 is 0. The summed E-state index contributed by atoms with van der Waals surface area (Å²) < 4.78 is 4.49. The van der Waals surface area contributed by atoms with Gasteiger partial charge in [-0.15, -0.1) is 0 Å². The van der Waals surface area contributed by atoms with Crippen molar-refractivity contribution in [3.8, 4) is 34.2 Å². The number of nitrogens with zero attached hydrogens (tertiary/aromatic N) is 6. The van der Waals surface area contributed by atoms with Gasteiger partial charge in [0.2, 0.25) is 0 Å². The molecule has 0 spiro atoms. The lowest BCUT2D eigenvalue weighted by atomic mass is 10.0. The first-order valence-electron chi connectivity index (χ1n) is 17.4. The molecule has 2 aromatic heterocycles. The molecule has 0 fully saturated rings. The monoisotopic (exact) mass is 670 g/mol. The van der Waals surface area contributed by atoms with Crippen molar-refractivity contribution in [3.63, 3.8) is 0 Å². The molecular weight excluding hydrogens is 637 g/mol. The molecule has 0 radical (unpaired) electrons. The van der Waals surface area contributed by atoms with Gasteiger partial charge in [0, 0.05) is 46.5 Å². The molecule has 0 aliphatic heterocycles. The van der Waals surface area contributed by atoms with Crippen molar-refractivity contribution in [2.24, 2.45) is 4.99 Å². The van der Waals surface area contributed by atoms with Crippen LogP contribution in [0.4, 0.5) is 11.4 Å². The Kier molecular flexibility index (Phi) is 7.95. The van der Waals surface area contributed by atoms with E-state index in [0.717, 1.165) is 79.0 Å². The Morgan fingerprint density at radius 3 is 1.27 bits per heavy atom. The molecule has 0 amide bonds. The van der Waals surface area contributed by atoms with E-state index in [4.69, 9.17) is 15.0 Å². The molecule has 0 N–H and O–H groups in total. The van der Waals surface area contributed by atoms with E-state index < -0.39 is 0 Å². The van der Waals surface area contributed by atoms with Crippen molar-refractivity contribution in [2.75, 3.05) is 11.9 Å². The summed E-state index contributed by atoms with van der Waals surface area (Å²) in [6, 6.07) is 64.9. The lowest BCUT2D eigenvalue weighted by Crippen LogP contribution is -2.27. The van der Waals surface area contributed by atoms with E-state index in [1.807, 2.05) is 43.4 Å². The van der Waals surface area contributed by atoms with Crippen LogP contribution in [-0.2, 0) is 0 Å². The predicted molar refractivity (Wildman–Crippen MR) is 214 cm³/mol. The Hall–Kier alpha value is -7.05. The zero-order valence-electron chi connectivity index (χ0n) is 28.6. The van der Waals surface area contributed by atoms with Crippen molar-refractivity contribution in [2.45, 2.75) is 0 Å². The van der Waals surface area contributed by atoms with Crippen LogP contribution in [0.1, 0.15) is 5.56 Å². The highest BCUT2D eigenvalue weighted by Crippen LogP contribution is 2.36. The van der Waals surface area contributed by atoms with Crippen LogP contribution in [0.25, 0.3) is 56.2 Å². The molecule has 0 saturated heterocycles. The first-order chi connectivity index (χ1) is 25.8. The molecular formula is C46H34N6. The number of rotatable bonds is 7. The van der Waals surface area contributed by atoms with Gasteiger partial charge in [-0.3, -0.25) is 19.0 Å². The number of para-hydroxylation sites is 8. The number of aromatic nitrogens is 4. The maximum Gasteiger partial charge on any atom is 0.145 e. The third kappa shape index (κ3) is 5.53. The number of hydrogen-bond acceptors (Lipinski definition) is 3. The lowest BCUT2D eigenvalue weighted by molar-refractivity contribution is 1.09. The molecule has 248 valence electrons. The van der Waals surface area contributed by atoms with Crippen LogP contribution in [0, 0.1) is 0 Å². The quantitative estimate of drug-likeness (QED) is 0.125. The molecule has 52 heavy (non-hydrogen) atoms. The average Bonchev–Trinajstić information content (AvgIpc) is 3.81. The fraction of sp³-hybridized carbons (Fsp3) is 0.0217. The minimum absolute atomic E-state index is 0.797. The van der Waals surface area contributed by atoms with Gasteiger partial charge in [0.05, 0.1) is 22.1 Å². The Morgan fingerprint density at radius 1 is 0.462 bits per heavy atom. The maximum atomic E-state index is 5.29.